The molecule has 2 aromatic rings. The highest BCUT2D eigenvalue weighted by Gasteiger charge is 2.29. The van der Waals surface area contributed by atoms with Crippen molar-refractivity contribution in [2.75, 3.05) is 0 Å². The molecule has 0 fully saturated rings. The topological polar surface area (TPSA) is 0 Å². The van der Waals surface area contributed by atoms with Crippen molar-refractivity contribution in [3.05, 3.63) is 76.9 Å². The van der Waals surface area contributed by atoms with Crippen molar-refractivity contribution in [1.29, 1.82) is 0 Å². The maximum atomic E-state index is 2.49. The third-order valence-corrected chi connectivity index (χ3v) is 10.4. The highest BCUT2D eigenvalue weighted by atomic mass is 32.3. The van der Waals surface area contributed by atoms with E-state index in [-0.39, 0.29) is 21.8 Å². The molecule has 0 saturated carbocycles. The summed E-state index contributed by atoms with van der Waals surface area (Å²) in [6, 6.07) is 17.9. The van der Waals surface area contributed by atoms with Gasteiger partial charge in [-0.25, -0.2) is 0 Å². The van der Waals surface area contributed by atoms with Crippen molar-refractivity contribution in [3.63, 3.8) is 0 Å². The minimum atomic E-state index is -0.200. The summed E-state index contributed by atoms with van der Waals surface area (Å²) in [6.45, 7) is 2.20. The molecule has 0 aliphatic carbocycles. The summed E-state index contributed by atoms with van der Waals surface area (Å²) in [5.74, 6) is 0. The smallest absolute Gasteiger partial charge is 0.0287 e. The molecule has 0 N–H and O–H groups in total. The average Bonchev–Trinajstić information content (AvgIpc) is 3.17. The van der Waals surface area contributed by atoms with Crippen LogP contribution >= 0.6 is 21.8 Å². The molecule has 2 aromatic carbocycles. The predicted octanol–water partition coefficient (Wildman–Crippen LogP) is 6.02. The molecule has 0 spiro atoms. The zero-order valence-electron chi connectivity index (χ0n) is 12.7. The molecule has 2 aliphatic rings. The first kappa shape index (κ1) is 14.2. The molecule has 4 rings (SSSR count). The number of benzene rings is 2. The molecular weight excluding hydrogens is 304 g/mol. The minimum absolute atomic E-state index is 0.200. The summed E-state index contributed by atoms with van der Waals surface area (Å²) < 4.78 is 0.731. The molecule has 0 amide bonds. The predicted molar refractivity (Wildman–Crippen MR) is 104 cm³/mol. The molecule has 2 unspecified atom stereocenters. The second kappa shape index (κ2) is 6.02. The van der Waals surface area contributed by atoms with Gasteiger partial charge in [0.2, 0.25) is 0 Å². The first-order valence-corrected chi connectivity index (χ1v) is 10.7. The fourth-order valence-electron chi connectivity index (χ4n) is 3.30. The summed E-state index contributed by atoms with van der Waals surface area (Å²) in [7, 11) is -0.400. The van der Waals surface area contributed by atoms with Crippen molar-refractivity contribution < 1.29 is 0 Å². The number of hydrogen-bond acceptors (Lipinski definition) is 0. The Kier molecular flexibility index (Phi) is 3.89. The summed E-state index contributed by atoms with van der Waals surface area (Å²) in [5.41, 5.74) is 2.86. The van der Waals surface area contributed by atoms with Crippen LogP contribution in [0.15, 0.2) is 69.1 Å². The van der Waals surface area contributed by atoms with Gasteiger partial charge >= 0.3 is 0 Å². The molecule has 0 bridgehead atoms. The molecule has 22 heavy (non-hydrogen) atoms. The van der Waals surface area contributed by atoms with Crippen LogP contribution in [0.3, 0.4) is 0 Å². The lowest BCUT2D eigenvalue weighted by atomic mass is 10.2. The Morgan fingerprint density at radius 2 is 1.32 bits per heavy atom. The number of thiol groups is 2. The average molecular weight is 326 g/mol. The third-order valence-electron chi connectivity index (χ3n) is 4.35. The summed E-state index contributed by atoms with van der Waals surface area (Å²) in [6.07, 6.45) is 8.24. The van der Waals surface area contributed by atoms with Gasteiger partial charge in [-0.15, -0.1) is 0 Å². The highest BCUT2D eigenvalue weighted by Crippen LogP contribution is 2.63. The molecular formula is C20H21S2. The van der Waals surface area contributed by atoms with Gasteiger partial charge in [0.25, 0.3) is 0 Å². The summed E-state index contributed by atoms with van der Waals surface area (Å²) in [5, 5.41) is 4.98. The Labute approximate surface area is 138 Å². The van der Waals surface area contributed by atoms with Crippen LogP contribution in [0.2, 0.25) is 0 Å². The van der Waals surface area contributed by atoms with Gasteiger partial charge in [-0.05, 0) is 68.9 Å². The van der Waals surface area contributed by atoms with Crippen molar-refractivity contribution in [3.8, 4) is 0 Å². The largest absolute Gasteiger partial charge is 0.195 e. The van der Waals surface area contributed by atoms with E-state index in [0.717, 1.165) is 4.58 Å². The molecule has 2 atom stereocenters. The van der Waals surface area contributed by atoms with Crippen LogP contribution in [0.4, 0.5) is 0 Å². The van der Waals surface area contributed by atoms with Crippen LogP contribution < -0.4 is 0 Å². The molecule has 2 heteroatoms. The normalized spacial score (nSPS) is 25.9. The maximum absolute atomic E-state index is 2.49. The van der Waals surface area contributed by atoms with E-state index in [1.54, 1.807) is 9.79 Å². The van der Waals surface area contributed by atoms with Crippen LogP contribution in [0.5, 0.6) is 0 Å². The van der Waals surface area contributed by atoms with Gasteiger partial charge in [0.15, 0.2) is 0 Å². The van der Waals surface area contributed by atoms with E-state index in [4.69, 9.17) is 0 Å². The SMILES string of the molecule is C[CH]CC([SH]1C=Cc2ccccc21)[SH]1C=Cc2ccccc21. The number of fused-ring (bicyclic) bond motifs is 2. The molecule has 2 heterocycles. The lowest BCUT2D eigenvalue weighted by Gasteiger charge is -2.34. The van der Waals surface area contributed by atoms with Crippen molar-refractivity contribution in [2.24, 2.45) is 0 Å². The van der Waals surface area contributed by atoms with Gasteiger partial charge in [-0.3, -0.25) is 0 Å². The second-order valence-corrected chi connectivity index (χ2v) is 10.5. The van der Waals surface area contributed by atoms with Crippen LogP contribution in [0.1, 0.15) is 24.5 Å². The van der Waals surface area contributed by atoms with E-state index in [9.17, 15) is 0 Å². The highest BCUT2D eigenvalue weighted by molar-refractivity contribution is 8.36. The van der Waals surface area contributed by atoms with E-state index in [1.165, 1.54) is 17.5 Å². The molecule has 113 valence electrons. The Balaban J connectivity index is 1.72. The van der Waals surface area contributed by atoms with Gasteiger partial charge in [0.1, 0.15) is 0 Å². The van der Waals surface area contributed by atoms with Gasteiger partial charge in [-0.2, -0.15) is 21.8 Å². The van der Waals surface area contributed by atoms with Gasteiger partial charge in [0.05, 0.1) is 0 Å². The zero-order valence-corrected chi connectivity index (χ0v) is 14.5. The quantitative estimate of drug-likeness (QED) is 0.631. The molecule has 0 nitrogen and oxygen atoms in total. The minimum Gasteiger partial charge on any atom is -0.195 e. The van der Waals surface area contributed by atoms with Crippen LogP contribution in [0, 0.1) is 6.42 Å². The summed E-state index contributed by atoms with van der Waals surface area (Å²) in [4.78, 5) is 3.15. The van der Waals surface area contributed by atoms with Crippen molar-refractivity contribution in [1.82, 2.24) is 0 Å². The van der Waals surface area contributed by atoms with E-state index < -0.39 is 0 Å². The Morgan fingerprint density at radius 3 is 1.82 bits per heavy atom. The fraction of sp³-hybridized carbons (Fsp3) is 0.150. The summed E-state index contributed by atoms with van der Waals surface area (Å²) >= 11 is 0. The van der Waals surface area contributed by atoms with Gasteiger partial charge < -0.3 is 0 Å². The number of rotatable bonds is 4. The monoisotopic (exact) mass is 325 g/mol. The molecule has 2 aliphatic heterocycles. The van der Waals surface area contributed by atoms with E-state index in [0.29, 0.717) is 0 Å². The fourth-order valence-corrected chi connectivity index (χ4v) is 9.87. The third kappa shape index (κ3) is 2.35. The van der Waals surface area contributed by atoms with Gasteiger partial charge in [-0.1, -0.05) is 43.3 Å². The number of hydrogen-bond donors (Lipinski definition) is 2. The second-order valence-electron chi connectivity index (χ2n) is 5.69. The van der Waals surface area contributed by atoms with Crippen LogP contribution in [-0.2, 0) is 0 Å². The first-order valence-electron chi connectivity index (χ1n) is 7.77. The Bertz CT molecular complexity index is 683. The van der Waals surface area contributed by atoms with Crippen molar-refractivity contribution >= 4 is 33.9 Å². The lowest BCUT2D eigenvalue weighted by Crippen LogP contribution is -2.07. The molecule has 0 aromatic heterocycles. The van der Waals surface area contributed by atoms with Gasteiger partial charge in [0, 0.05) is 4.58 Å². The van der Waals surface area contributed by atoms with Crippen molar-refractivity contribution in [2.45, 2.75) is 27.7 Å². The van der Waals surface area contributed by atoms with E-state index in [1.807, 2.05) is 0 Å². The maximum Gasteiger partial charge on any atom is 0.0287 e. The Hall–Kier alpha value is -1.38. The van der Waals surface area contributed by atoms with Crippen LogP contribution in [0.25, 0.3) is 12.2 Å². The van der Waals surface area contributed by atoms with Crippen LogP contribution in [-0.4, -0.2) is 4.58 Å². The Morgan fingerprint density at radius 1 is 0.818 bits per heavy atom. The van der Waals surface area contributed by atoms with E-state index in [2.05, 4.69) is 84.8 Å². The molecule has 1 radical (unpaired) electrons. The lowest BCUT2D eigenvalue weighted by molar-refractivity contribution is 1.06. The van der Waals surface area contributed by atoms with E-state index >= 15 is 0 Å². The molecule has 0 saturated heterocycles. The first-order chi connectivity index (χ1) is 10.9. The standard InChI is InChI=1S/C20H21S2/c1-2-7-20(21-14-12-16-8-3-5-10-18(16)21)22-15-13-17-9-4-6-11-19(17)22/h2-6,8-15,20-22H,7H2,1H3. The zero-order chi connectivity index (χ0) is 14.9.